The van der Waals surface area contributed by atoms with Gasteiger partial charge in [0.05, 0.1) is 17.7 Å². The molecule has 2 aromatic carbocycles. The molecule has 1 N–H and O–H groups in total. The third-order valence-electron chi connectivity index (χ3n) is 3.00. The van der Waals surface area contributed by atoms with Crippen LogP contribution < -0.4 is 0 Å². The van der Waals surface area contributed by atoms with Crippen LogP contribution in [0.1, 0.15) is 19.4 Å². The van der Waals surface area contributed by atoms with Gasteiger partial charge in [0, 0.05) is 15.5 Å². The molecule has 3 heteroatoms. The average Bonchev–Trinajstić information content (AvgIpc) is 2.39. The molecule has 0 fully saturated rings. The standard InChI is InChI=1S/C15H15NOS/c1-10(17)11(2)18-15-8-7-12(9-16)13-5-3-4-6-14(13)15/h3-8,10-11,17H,1-2H3. The van der Waals surface area contributed by atoms with Gasteiger partial charge in [-0.1, -0.05) is 31.2 Å². The Hall–Kier alpha value is -1.50. The van der Waals surface area contributed by atoms with Crippen molar-refractivity contribution in [2.45, 2.75) is 30.1 Å². The van der Waals surface area contributed by atoms with E-state index in [1.54, 1.807) is 18.7 Å². The second kappa shape index (κ2) is 5.43. The largest absolute Gasteiger partial charge is 0.392 e. The van der Waals surface area contributed by atoms with Crippen molar-refractivity contribution in [2.24, 2.45) is 0 Å². The zero-order valence-corrected chi connectivity index (χ0v) is 11.2. The van der Waals surface area contributed by atoms with E-state index in [1.807, 2.05) is 43.3 Å². The Bertz CT molecular complexity index is 601. The second-order valence-electron chi connectivity index (χ2n) is 4.33. The first kappa shape index (κ1) is 12.9. The van der Waals surface area contributed by atoms with Gasteiger partial charge in [0.15, 0.2) is 0 Å². The van der Waals surface area contributed by atoms with Crippen molar-refractivity contribution in [3.8, 4) is 6.07 Å². The molecule has 0 bridgehead atoms. The Morgan fingerprint density at radius 3 is 2.39 bits per heavy atom. The molecule has 92 valence electrons. The molecule has 0 saturated carbocycles. The van der Waals surface area contributed by atoms with Crippen molar-refractivity contribution >= 4 is 22.5 Å². The van der Waals surface area contributed by atoms with Crippen LogP contribution in [0.2, 0.25) is 0 Å². The average molecular weight is 257 g/mol. The van der Waals surface area contributed by atoms with Crippen LogP contribution >= 0.6 is 11.8 Å². The summed E-state index contributed by atoms with van der Waals surface area (Å²) in [7, 11) is 0. The first-order chi connectivity index (χ1) is 8.63. The van der Waals surface area contributed by atoms with Gasteiger partial charge in [-0.3, -0.25) is 0 Å². The molecule has 0 radical (unpaired) electrons. The van der Waals surface area contributed by atoms with Gasteiger partial charge in [0.25, 0.3) is 0 Å². The summed E-state index contributed by atoms with van der Waals surface area (Å²) < 4.78 is 0. The Labute approximate surface area is 111 Å². The lowest BCUT2D eigenvalue weighted by molar-refractivity contribution is 0.196. The SMILES string of the molecule is CC(O)C(C)Sc1ccc(C#N)c2ccccc12. The highest BCUT2D eigenvalue weighted by molar-refractivity contribution is 8.00. The van der Waals surface area contributed by atoms with E-state index in [4.69, 9.17) is 5.26 Å². The molecule has 2 aromatic rings. The summed E-state index contributed by atoms with van der Waals surface area (Å²) in [6, 6.07) is 13.9. The Kier molecular flexibility index (Phi) is 3.90. The van der Waals surface area contributed by atoms with Crippen molar-refractivity contribution in [1.29, 1.82) is 5.26 Å². The van der Waals surface area contributed by atoms with Gasteiger partial charge in [-0.15, -0.1) is 11.8 Å². The van der Waals surface area contributed by atoms with E-state index in [1.165, 1.54) is 0 Å². The van der Waals surface area contributed by atoms with Gasteiger partial charge >= 0.3 is 0 Å². The molecule has 0 heterocycles. The monoisotopic (exact) mass is 257 g/mol. The lowest BCUT2D eigenvalue weighted by Crippen LogP contribution is -2.14. The minimum atomic E-state index is -0.357. The molecule has 18 heavy (non-hydrogen) atoms. The smallest absolute Gasteiger partial charge is 0.0998 e. The van der Waals surface area contributed by atoms with Gasteiger partial charge in [0.1, 0.15) is 0 Å². The summed E-state index contributed by atoms with van der Waals surface area (Å²) in [4.78, 5) is 1.11. The van der Waals surface area contributed by atoms with Crippen LogP contribution in [0.3, 0.4) is 0 Å². The zero-order chi connectivity index (χ0) is 13.1. The van der Waals surface area contributed by atoms with Crippen LogP contribution in [0.15, 0.2) is 41.3 Å². The van der Waals surface area contributed by atoms with Gasteiger partial charge in [-0.25, -0.2) is 0 Å². The lowest BCUT2D eigenvalue weighted by Gasteiger charge is -2.15. The summed E-state index contributed by atoms with van der Waals surface area (Å²) in [5.74, 6) is 0. The lowest BCUT2D eigenvalue weighted by atomic mass is 10.1. The molecule has 0 aliphatic carbocycles. The maximum atomic E-state index is 9.58. The number of thioether (sulfide) groups is 1. The molecule has 2 unspecified atom stereocenters. The van der Waals surface area contributed by atoms with Crippen LogP contribution in [0.4, 0.5) is 0 Å². The quantitative estimate of drug-likeness (QED) is 0.855. The predicted molar refractivity (Wildman–Crippen MR) is 75.7 cm³/mol. The summed E-state index contributed by atoms with van der Waals surface area (Å²) in [6.45, 7) is 3.80. The summed E-state index contributed by atoms with van der Waals surface area (Å²) >= 11 is 1.64. The molecule has 2 atom stereocenters. The number of hydrogen-bond acceptors (Lipinski definition) is 3. The number of benzene rings is 2. The van der Waals surface area contributed by atoms with E-state index in [9.17, 15) is 5.11 Å². The molecular weight excluding hydrogens is 242 g/mol. The van der Waals surface area contributed by atoms with Crippen LogP contribution in [0.5, 0.6) is 0 Å². The van der Waals surface area contributed by atoms with Crippen LogP contribution in [-0.2, 0) is 0 Å². The fraction of sp³-hybridized carbons (Fsp3) is 0.267. The number of nitriles is 1. The predicted octanol–water partition coefficient (Wildman–Crippen LogP) is 3.57. The van der Waals surface area contributed by atoms with Crippen molar-refractivity contribution in [2.75, 3.05) is 0 Å². The minimum Gasteiger partial charge on any atom is -0.392 e. The normalized spacial score (nSPS) is 14.1. The highest BCUT2D eigenvalue weighted by Gasteiger charge is 2.13. The highest BCUT2D eigenvalue weighted by atomic mass is 32.2. The van der Waals surface area contributed by atoms with E-state index in [2.05, 4.69) is 6.07 Å². The van der Waals surface area contributed by atoms with Crippen molar-refractivity contribution in [1.82, 2.24) is 0 Å². The molecule has 2 rings (SSSR count). The fourth-order valence-corrected chi connectivity index (χ4v) is 2.82. The van der Waals surface area contributed by atoms with E-state index in [-0.39, 0.29) is 11.4 Å². The molecule has 0 amide bonds. The number of aliphatic hydroxyl groups is 1. The third-order valence-corrected chi connectivity index (χ3v) is 4.37. The first-order valence-corrected chi connectivity index (χ1v) is 6.78. The van der Waals surface area contributed by atoms with Gasteiger partial charge in [-0.05, 0) is 24.4 Å². The zero-order valence-electron chi connectivity index (χ0n) is 10.4. The first-order valence-electron chi connectivity index (χ1n) is 5.90. The molecule has 0 aromatic heterocycles. The molecule has 0 aliphatic rings. The van der Waals surface area contributed by atoms with E-state index in [0.717, 1.165) is 15.7 Å². The second-order valence-corrected chi connectivity index (χ2v) is 5.75. The van der Waals surface area contributed by atoms with Crippen LogP contribution in [0.25, 0.3) is 10.8 Å². The maximum absolute atomic E-state index is 9.58. The third kappa shape index (κ3) is 2.50. The number of rotatable bonds is 3. The molecule has 2 nitrogen and oxygen atoms in total. The molecular formula is C15H15NOS. The van der Waals surface area contributed by atoms with Crippen molar-refractivity contribution < 1.29 is 5.11 Å². The van der Waals surface area contributed by atoms with Gasteiger partial charge in [-0.2, -0.15) is 5.26 Å². The van der Waals surface area contributed by atoms with Crippen molar-refractivity contribution in [3.05, 3.63) is 42.0 Å². The van der Waals surface area contributed by atoms with E-state index < -0.39 is 0 Å². The molecule has 0 aliphatic heterocycles. The Morgan fingerprint density at radius 1 is 1.11 bits per heavy atom. The fourth-order valence-electron chi connectivity index (χ4n) is 1.77. The summed E-state index contributed by atoms with van der Waals surface area (Å²) in [5.41, 5.74) is 0.694. The number of nitrogens with zero attached hydrogens (tertiary/aromatic N) is 1. The van der Waals surface area contributed by atoms with E-state index >= 15 is 0 Å². The Balaban J connectivity index is 2.50. The number of hydrogen-bond donors (Lipinski definition) is 1. The van der Waals surface area contributed by atoms with Gasteiger partial charge < -0.3 is 5.11 Å². The van der Waals surface area contributed by atoms with E-state index in [0.29, 0.717) is 5.56 Å². The molecule has 0 saturated heterocycles. The minimum absolute atomic E-state index is 0.126. The van der Waals surface area contributed by atoms with Crippen LogP contribution in [-0.4, -0.2) is 16.5 Å². The maximum Gasteiger partial charge on any atom is 0.0998 e. The van der Waals surface area contributed by atoms with Crippen molar-refractivity contribution in [3.63, 3.8) is 0 Å². The summed E-state index contributed by atoms with van der Waals surface area (Å²) in [5, 5.41) is 20.9. The highest BCUT2D eigenvalue weighted by Crippen LogP contribution is 2.33. The topological polar surface area (TPSA) is 44.0 Å². The number of fused-ring (bicyclic) bond motifs is 1. The van der Waals surface area contributed by atoms with Gasteiger partial charge in [0.2, 0.25) is 0 Å². The molecule has 0 spiro atoms. The number of aliphatic hydroxyl groups excluding tert-OH is 1. The summed E-state index contributed by atoms with van der Waals surface area (Å²) in [6.07, 6.45) is -0.357. The Morgan fingerprint density at radius 2 is 1.78 bits per heavy atom. The van der Waals surface area contributed by atoms with Crippen LogP contribution in [0, 0.1) is 11.3 Å².